The van der Waals surface area contributed by atoms with Crippen LogP contribution in [0, 0.1) is 6.92 Å². The quantitative estimate of drug-likeness (QED) is 0.797. The van der Waals surface area contributed by atoms with Crippen LogP contribution in [0.25, 0.3) is 0 Å². The molecular formula is C12H19N5O2. The molecular weight excluding hydrogens is 246 g/mol. The first-order valence-electron chi connectivity index (χ1n) is 6.36. The van der Waals surface area contributed by atoms with E-state index in [0.717, 1.165) is 0 Å². The zero-order valence-corrected chi connectivity index (χ0v) is 11.1. The lowest BCUT2D eigenvalue weighted by Crippen LogP contribution is -2.41. The van der Waals surface area contributed by atoms with E-state index in [1.54, 1.807) is 13.0 Å². The van der Waals surface area contributed by atoms with Crippen molar-refractivity contribution in [2.75, 3.05) is 43.9 Å². The van der Waals surface area contributed by atoms with E-state index in [4.69, 9.17) is 10.5 Å². The van der Waals surface area contributed by atoms with Crippen LogP contribution >= 0.6 is 0 Å². The molecule has 2 heterocycles. The molecule has 1 amide bonds. The maximum absolute atomic E-state index is 11.9. The highest BCUT2D eigenvalue weighted by Gasteiger charge is 2.16. The molecule has 2 rings (SSSR count). The van der Waals surface area contributed by atoms with Crippen molar-refractivity contribution >= 4 is 17.5 Å². The van der Waals surface area contributed by atoms with Crippen LogP contribution in [-0.4, -0.2) is 53.6 Å². The van der Waals surface area contributed by atoms with Crippen LogP contribution in [0.1, 0.15) is 12.2 Å². The summed E-state index contributed by atoms with van der Waals surface area (Å²) in [7, 11) is 0. The second-order valence-electron chi connectivity index (χ2n) is 4.40. The Bertz CT molecular complexity index is 425. The lowest BCUT2D eigenvalue weighted by Gasteiger charge is -2.26. The average molecular weight is 265 g/mol. The smallest absolute Gasteiger partial charge is 0.224 e. The Morgan fingerprint density at radius 3 is 2.89 bits per heavy atom. The highest BCUT2D eigenvalue weighted by molar-refractivity contribution is 5.76. The van der Waals surface area contributed by atoms with Gasteiger partial charge in [0.05, 0.1) is 13.2 Å². The summed E-state index contributed by atoms with van der Waals surface area (Å²) in [5.74, 6) is 1.82. The minimum Gasteiger partial charge on any atom is -0.384 e. The Labute approximate surface area is 112 Å². The van der Waals surface area contributed by atoms with Gasteiger partial charge in [0, 0.05) is 32.1 Å². The first kappa shape index (κ1) is 13.5. The fraction of sp³-hybridized carbons (Fsp3) is 0.583. The highest BCUT2D eigenvalue weighted by Crippen LogP contribution is 2.08. The molecule has 1 aromatic heterocycles. The van der Waals surface area contributed by atoms with Crippen molar-refractivity contribution in [1.82, 2.24) is 14.9 Å². The minimum atomic E-state index is 0.134. The van der Waals surface area contributed by atoms with Gasteiger partial charge in [-0.05, 0) is 6.92 Å². The molecule has 3 N–H and O–H groups in total. The van der Waals surface area contributed by atoms with Gasteiger partial charge >= 0.3 is 0 Å². The van der Waals surface area contributed by atoms with E-state index in [-0.39, 0.29) is 5.91 Å². The molecule has 1 aromatic rings. The fourth-order valence-electron chi connectivity index (χ4n) is 1.95. The van der Waals surface area contributed by atoms with Crippen molar-refractivity contribution < 1.29 is 9.53 Å². The Morgan fingerprint density at radius 1 is 1.47 bits per heavy atom. The fourth-order valence-corrected chi connectivity index (χ4v) is 1.95. The molecule has 104 valence electrons. The predicted molar refractivity (Wildman–Crippen MR) is 71.7 cm³/mol. The van der Waals surface area contributed by atoms with Crippen LogP contribution in [0.15, 0.2) is 6.07 Å². The second kappa shape index (κ2) is 6.33. The molecule has 1 aliphatic heterocycles. The van der Waals surface area contributed by atoms with Crippen molar-refractivity contribution in [1.29, 1.82) is 0 Å². The largest absolute Gasteiger partial charge is 0.384 e. The Morgan fingerprint density at radius 2 is 2.21 bits per heavy atom. The van der Waals surface area contributed by atoms with Gasteiger partial charge in [0.1, 0.15) is 17.5 Å². The third-order valence-corrected chi connectivity index (χ3v) is 2.87. The SMILES string of the molecule is Cc1nc(N)cc(NCCC(=O)N2CCOCC2)n1. The first-order chi connectivity index (χ1) is 9.15. The summed E-state index contributed by atoms with van der Waals surface area (Å²) in [4.78, 5) is 21.9. The first-order valence-corrected chi connectivity index (χ1v) is 6.36. The van der Waals surface area contributed by atoms with Gasteiger partial charge in [-0.25, -0.2) is 9.97 Å². The zero-order chi connectivity index (χ0) is 13.7. The van der Waals surface area contributed by atoms with Crippen molar-refractivity contribution in [3.63, 3.8) is 0 Å². The molecule has 0 saturated carbocycles. The van der Waals surface area contributed by atoms with Crippen LogP contribution in [0.5, 0.6) is 0 Å². The standard InChI is InChI=1S/C12H19N5O2/c1-9-15-10(13)8-11(16-9)14-3-2-12(18)17-4-6-19-7-5-17/h8H,2-7H2,1H3,(H3,13,14,15,16). The topological polar surface area (TPSA) is 93.4 Å². The summed E-state index contributed by atoms with van der Waals surface area (Å²) in [6.07, 6.45) is 0.433. The van der Waals surface area contributed by atoms with Gasteiger partial charge in [-0.1, -0.05) is 0 Å². The van der Waals surface area contributed by atoms with Crippen LogP contribution in [-0.2, 0) is 9.53 Å². The number of nitrogens with two attached hydrogens (primary N) is 1. The number of rotatable bonds is 4. The van der Waals surface area contributed by atoms with Gasteiger partial charge in [-0.15, -0.1) is 0 Å². The van der Waals surface area contributed by atoms with Gasteiger partial charge in [0.25, 0.3) is 0 Å². The summed E-state index contributed by atoms with van der Waals surface area (Å²) in [5, 5.41) is 3.09. The third-order valence-electron chi connectivity index (χ3n) is 2.87. The molecule has 0 bridgehead atoms. The van der Waals surface area contributed by atoms with Gasteiger partial charge in [0.2, 0.25) is 5.91 Å². The number of carbonyl (C=O) groups excluding carboxylic acids is 1. The minimum absolute atomic E-state index is 0.134. The number of hydrogen-bond donors (Lipinski definition) is 2. The number of nitrogen functional groups attached to an aromatic ring is 1. The van der Waals surface area contributed by atoms with Gasteiger partial charge in [-0.3, -0.25) is 4.79 Å². The van der Waals surface area contributed by atoms with Gasteiger partial charge in [-0.2, -0.15) is 0 Å². The lowest BCUT2D eigenvalue weighted by molar-refractivity contribution is -0.134. The van der Waals surface area contributed by atoms with Crippen LogP contribution in [0.2, 0.25) is 0 Å². The number of nitrogens with zero attached hydrogens (tertiary/aromatic N) is 3. The molecule has 1 saturated heterocycles. The number of nitrogens with one attached hydrogen (secondary N) is 1. The Hall–Kier alpha value is -1.89. The molecule has 1 aliphatic rings. The molecule has 0 atom stereocenters. The molecule has 0 radical (unpaired) electrons. The third kappa shape index (κ3) is 4.06. The molecule has 0 spiro atoms. The Kier molecular flexibility index (Phi) is 4.51. The Balaban J connectivity index is 1.77. The van der Waals surface area contributed by atoms with E-state index in [9.17, 15) is 4.79 Å². The summed E-state index contributed by atoms with van der Waals surface area (Å²) in [6.45, 7) is 4.92. The van der Waals surface area contributed by atoms with E-state index < -0.39 is 0 Å². The van der Waals surface area contributed by atoms with E-state index in [2.05, 4.69) is 15.3 Å². The van der Waals surface area contributed by atoms with Gasteiger partial charge in [0.15, 0.2) is 0 Å². The number of carbonyl (C=O) groups is 1. The van der Waals surface area contributed by atoms with Crippen molar-refractivity contribution in [3.05, 3.63) is 11.9 Å². The zero-order valence-electron chi connectivity index (χ0n) is 11.1. The van der Waals surface area contributed by atoms with Crippen molar-refractivity contribution in [2.24, 2.45) is 0 Å². The van der Waals surface area contributed by atoms with E-state index in [0.29, 0.717) is 56.7 Å². The van der Waals surface area contributed by atoms with Crippen LogP contribution in [0.4, 0.5) is 11.6 Å². The van der Waals surface area contributed by atoms with Crippen molar-refractivity contribution in [3.8, 4) is 0 Å². The van der Waals surface area contributed by atoms with Crippen LogP contribution < -0.4 is 11.1 Å². The number of aryl methyl sites for hydroxylation is 1. The monoisotopic (exact) mass is 265 g/mol. The number of ether oxygens (including phenoxy) is 1. The van der Waals surface area contributed by atoms with E-state index >= 15 is 0 Å². The molecule has 0 aromatic carbocycles. The summed E-state index contributed by atoms with van der Waals surface area (Å²) in [5.41, 5.74) is 5.63. The molecule has 0 aliphatic carbocycles. The second-order valence-corrected chi connectivity index (χ2v) is 4.40. The number of aromatic nitrogens is 2. The molecule has 0 unspecified atom stereocenters. The number of hydrogen-bond acceptors (Lipinski definition) is 6. The number of amides is 1. The lowest BCUT2D eigenvalue weighted by atomic mass is 10.3. The summed E-state index contributed by atoms with van der Waals surface area (Å²) in [6, 6.07) is 1.66. The summed E-state index contributed by atoms with van der Waals surface area (Å²) >= 11 is 0. The van der Waals surface area contributed by atoms with Crippen LogP contribution in [0.3, 0.4) is 0 Å². The molecule has 7 heteroatoms. The molecule has 1 fully saturated rings. The van der Waals surface area contributed by atoms with E-state index in [1.165, 1.54) is 0 Å². The maximum atomic E-state index is 11.9. The molecule has 7 nitrogen and oxygen atoms in total. The number of morpholine rings is 1. The normalized spacial score (nSPS) is 15.3. The molecule has 19 heavy (non-hydrogen) atoms. The maximum Gasteiger partial charge on any atom is 0.224 e. The van der Waals surface area contributed by atoms with Crippen molar-refractivity contribution in [2.45, 2.75) is 13.3 Å². The van der Waals surface area contributed by atoms with E-state index in [1.807, 2.05) is 4.90 Å². The number of anilines is 2. The highest BCUT2D eigenvalue weighted by atomic mass is 16.5. The summed E-state index contributed by atoms with van der Waals surface area (Å²) < 4.78 is 5.21. The average Bonchev–Trinajstić information content (AvgIpc) is 2.38. The predicted octanol–water partition coefficient (Wildman–Crippen LogP) is 0.0280. The van der Waals surface area contributed by atoms with Gasteiger partial charge < -0.3 is 20.7 Å².